The molecule has 1 rings (SSSR count). The summed E-state index contributed by atoms with van der Waals surface area (Å²) < 4.78 is 27.1. The third kappa shape index (κ3) is 3.29. The van der Waals surface area contributed by atoms with E-state index in [1.165, 1.54) is 0 Å². The largest absolute Gasteiger partial charge is 0.329 e. The zero-order valence-electron chi connectivity index (χ0n) is 8.84. The molecule has 0 bridgehead atoms. The Bertz CT molecular complexity index is 412. The van der Waals surface area contributed by atoms with Gasteiger partial charge in [-0.3, -0.25) is 4.68 Å². The molecule has 1 atom stereocenters. The molecule has 3 N–H and O–H groups in total. The van der Waals surface area contributed by atoms with Crippen molar-refractivity contribution in [3.05, 3.63) is 18.0 Å². The standard InChI is InChI=1S/C8H16N4O2S/c1-7(3-9)15(13,14)11-5-8-4-10-12(2)6-8/h4,6-7,11H,3,5,9H2,1-2H3. The Morgan fingerprint density at radius 1 is 1.67 bits per heavy atom. The molecule has 0 aliphatic heterocycles. The first kappa shape index (κ1) is 12.2. The summed E-state index contributed by atoms with van der Waals surface area (Å²) in [7, 11) is -1.53. The summed E-state index contributed by atoms with van der Waals surface area (Å²) in [5, 5.41) is 3.36. The van der Waals surface area contributed by atoms with Crippen LogP contribution in [0.5, 0.6) is 0 Å². The molecule has 0 saturated carbocycles. The summed E-state index contributed by atoms with van der Waals surface area (Å²) in [6, 6.07) is 0. The monoisotopic (exact) mass is 232 g/mol. The van der Waals surface area contributed by atoms with Crippen LogP contribution >= 0.6 is 0 Å². The summed E-state index contributed by atoms with van der Waals surface area (Å²) >= 11 is 0. The summed E-state index contributed by atoms with van der Waals surface area (Å²) in [4.78, 5) is 0. The van der Waals surface area contributed by atoms with Gasteiger partial charge in [-0.1, -0.05) is 0 Å². The molecule has 1 heterocycles. The van der Waals surface area contributed by atoms with Gasteiger partial charge in [-0.05, 0) is 6.92 Å². The molecule has 6 nitrogen and oxygen atoms in total. The fourth-order valence-electron chi connectivity index (χ4n) is 1.02. The van der Waals surface area contributed by atoms with E-state index in [1.54, 1.807) is 31.0 Å². The molecular formula is C8H16N4O2S. The number of hydrogen-bond donors (Lipinski definition) is 2. The highest BCUT2D eigenvalue weighted by atomic mass is 32.2. The van der Waals surface area contributed by atoms with Crippen molar-refractivity contribution in [2.75, 3.05) is 6.54 Å². The lowest BCUT2D eigenvalue weighted by Crippen LogP contribution is -2.36. The van der Waals surface area contributed by atoms with Gasteiger partial charge < -0.3 is 5.73 Å². The van der Waals surface area contributed by atoms with Crippen LogP contribution in [0, 0.1) is 0 Å². The van der Waals surface area contributed by atoms with Crippen LogP contribution in [-0.2, 0) is 23.6 Å². The van der Waals surface area contributed by atoms with Crippen LogP contribution in [0.4, 0.5) is 0 Å². The maximum Gasteiger partial charge on any atom is 0.215 e. The molecule has 1 unspecified atom stereocenters. The first-order valence-corrected chi connectivity index (χ1v) is 6.16. The number of aryl methyl sites for hydroxylation is 1. The highest BCUT2D eigenvalue weighted by Crippen LogP contribution is 2.00. The number of hydrogen-bond acceptors (Lipinski definition) is 4. The Hall–Kier alpha value is -0.920. The van der Waals surface area contributed by atoms with Crippen LogP contribution in [0.25, 0.3) is 0 Å². The van der Waals surface area contributed by atoms with Crippen LogP contribution in [-0.4, -0.2) is 30.0 Å². The average Bonchev–Trinajstić information content (AvgIpc) is 2.60. The molecule has 0 amide bonds. The average molecular weight is 232 g/mol. The van der Waals surface area contributed by atoms with E-state index >= 15 is 0 Å². The number of sulfonamides is 1. The first-order valence-electron chi connectivity index (χ1n) is 4.62. The Morgan fingerprint density at radius 3 is 2.80 bits per heavy atom. The molecule has 0 aromatic carbocycles. The first-order chi connectivity index (χ1) is 6.95. The molecule has 15 heavy (non-hydrogen) atoms. The molecule has 1 aromatic rings. The molecular weight excluding hydrogens is 216 g/mol. The third-order valence-electron chi connectivity index (χ3n) is 2.10. The summed E-state index contributed by atoms with van der Waals surface area (Å²) in [5.41, 5.74) is 6.12. The molecule has 0 saturated heterocycles. The van der Waals surface area contributed by atoms with Gasteiger partial charge in [0.25, 0.3) is 0 Å². The van der Waals surface area contributed by atoms with Crippen LogP contribution < -0.4 is 10.5 Å². The molecule has 0 aliphatic carbocycles. The lowest BCUT2D eigenvalue weighted by atomic mass is 10.4. The van der Waals surface area contributed by atoms with Gasteiger partial charge in [-0.25, -0.2) is 13.1 Å². The van der Waals surface area contributed by atoms with E-state index in [0.717, 1.165) is 5.56 Å². The topological polar surface area (TPSA) is 90.0 Å². The highest BCUT2D eigenvalue weighted by molar-refractivity contribution is 7.90. The second kappa shape index (κ2) is 4.73. The number of nitrogens with one attached hydrogen (secondary N) is 1. The Morgan fingerprint density at radius 2 is 2.33 bits per heavy atom. The fourth-order valence-corrected chi connectivity index (χ4v) is 1.92. The summed E-state index contributed by atoms with van der Waals surface area (Å²) in [6.07, 6.45) is 3.38. The van der Waals surface area contributed by atoms with Gasteiger partial charge in [0.2, 0.25) is 10.0 Å². The minimum Gasteiger partial charge on any atom is -0.329 e. The normalized spacial score (nSPS) is 14.1. The second-order valence-electron chi connectivity index (χ2n) is 3.43. The molecule has 86 valence electrons. The van der Waals surface area contributed by atoms with Crippen molar-refractivity contribution in [3.63, 3.8) is 0 Å². The Labute approximate surface area is 89.5 Å². The van der Waals surface area contributed by atoms with Crippen molar-refractivity contribution in [3.8, 4) is 0 Å². The Kier molecular flexibility index (Phi) is 3.83. The van der Waals surface area contributed by atoms with Crippen LogP contribution in [0.3, 0.4) is 0 Å². The maximum atomic E-state index is 11.5. The van der Waals surface area contributed by atoms with Crippen molar-refractivity contribution in [1.29, 1.82) is 0 Å². The number of nitrogens with two attached hydrogens (primary N) is 1. The second-order valence-corrected chi connectivity index (χ2v) is 5.62. The van der Waals surface area contributed by atoms with E-state index in [9.17, 15) is 8.42 Å². The van der Waals surface area contributed by atoms with E-state index in [2.05, 4.69) is 9.82 Å². The maximum absolute atomic E-state index is 11.5. The number of rotatable bonds is 5. The molecule has 0 radical (unpaired) electrons. The molecule has 0 fully saturated rings. The van der Waals surface area contributed by atoms with Gasteiger partial charge in [0.05, 0.1) is 11.4 Å². The van der Waals surface area contributed by atoms with Gasteiger partial charge in [0.15, 0.2) is 0 Å². The quantitative estimate of drug-likeness (QED) is 0.694. The van der Waals surface area contributed by atoms with Crippen LogP contribution in [0.1, 0.15) is 12.5 Å². The van der Waals surface area contributed by atoms with Crippen molar-refractivity contribution >= 4 is 10.0 Å². The smallest absolute Gasteiger partial charge is 0.215 e. The van der Waals surface area contributed by atoms with Crippen molar-refractivity contribution in [1.82, 2.24) is 14.5 Å². The van der Waals surface area contributed by atoms with Crippen LogP contribution in [0.2, 0.25) is 0 Å². The van der Waals surface area contributed by atoms with Crippen molar-refractivity contribution in [2.24, 2.45) is 12.8 Å². The third-order valence-corrected chi connectivity index (χ3v) is 3.90. The van der Waals surface area contributed by atoms with E-state index in [0.29, 0.717) is 0 Å². The zero-order chi connectivity index (χ0) is 11.5. The number of aromatic nitrogens is 2. The predicted molar refractivity (Wildman–Crippen MR) is 57.5 cm³/mol. The van der Waals surface area contributed by atoms with E-state index in [1.807, 2.05) is 0 Å². The zero-order valence-corrected chi connectivity index (χ0v) is 9.66. The predicted octanol–water partition coefficient (Wildman–Crippen LogP) is -0.813. The van der Waals surface area contributed by atoms with Crippen molar-refractivity contribution in [2.45, 2.75) is 18.7 Å². The van der Waals surface area contributed by atoms with E-state index in [4.69, 9.17) is 5.73 Å². The van der Waals surface area contributed by atoms with Gasteiger partial charge >= 0.3 is 0 Å². The molecule has 1 aromatic heterocycles. The highest BCUT2D eigenvalue weighted by Gasteiger charge is 2.18. The van der Waals surface area contributed by atoms with E-state index < -0.39 is 15.3 Å². The molecule has 0 aliphatic rings. The van der Waals surface area contributed by atoms with Crippen molar-refractivity contribution < 1.29 is 8.42 Å². The molecule has 0 spiro atoms. The summed E-state index contributed by atoms with van der Waals surface area (Å²) in [6.45, 7) is 1.94. The minimum atomic E-state index is -3.31. The van der Waals surface area contributed by atoms with E-state index in [-0.39, 0.29) is 13.1 Å². The van der Waals surface area contributed by atoms with Gasteiger partial charge in [-0.2, -0.15) is 5.10 Å². The SMILES string of the molecule is CC(CN)S(=O)(=O)NCc1cnn(C)c1. The Balaban J connectivity index is 2.57. The minimum absolute atomic E-state index is 0.113. The lowest BCUT2D eigenvalue weighted by Gasteiger charge is -2.10. The molecule has 7 heteroatoms. The van der Waals surface area contributed by atoms with Crippen LogP contribution in [0.15, 0.2) is 12.4 Å². The van der Waals surface area contributed by atoms with Gasteiger partial charge in [-0.15, -0.1) is 0 Å². The number of nitrogens with zero attached hydrogens (tertiary/aromatic N) is 2. The fraction of sp³-hybridized carbons (Fsp3) is 0.625. The van der Waals surface area contributed by atoms with Gasteiger partial charge in [0, 0.05) is 31.9 Å². The van der Waals surface area contributed by atoms with Gasteiger partial charge in [0.1, 0.15) is 0 Å². The lowest BCUT2D eigenvalue weighted by molar-refractivity contribution is 0.568. The summed E-state index contributed by atoms with van der Waals surface area (Å²) in [5.74, 6) is 0.